The van der Waals surface area contributed by atoms with Crippen LogP contribution in [0.4, 0.5) is 0 Å². The molecule has 0 saturated carbocycles. The summed E-state index contributed by atoms with van der Waals surface area (Å²) in [7, 11) is 0. The SMILES string of the molecule is O=C(OCc1cccc(COC(=O)c2ccccc2O)n1)c1ccccc1O. The van der Waals surface area contributed by atoms with Crippen LogP contribution in [0.1, 0.15) is 32.1 Å². The number of carbonyl (C=O) groups is 2. The van der Waals surface area contributed by atoms with Crippen molar-refractivity contribution in [3.05, 3.63) is 89.2 Å². The van der Waals surface area contributed by atoms with Crippen LogP contribution in [0.15, 0.2) is 66.7 Å². The number of carbonyl (C=O) groups excluding carboxylic acids is 2. The molecule has 7 heteroatoms. The van der Waals surface area contributed by atoms with Crippen LogP contribution in [0, 0.1) is 0 Å². The zero-order valence-electron chi connectivity index (χ0n) is 14.7. The molecule has 0 spiro atoms. The Hall–Kier alpha value is -3.87. The van der Waals surface area contributed by atoms with Crippen LogP contribution in [0.2, 0.25) is 0 Å². The van der Waals surface area contributed by atoms with Crippen molar-refractivity contribution in [3.8, 4) is 11.5 Å². The molecule has 0 radical (unpaired) electrons. The zero-order chi connectivity index (χ0) is 19.9. The predicted octanol–water partition coefficient (Wildman–Crippen LogP) is 3.21. The summed E-state index contributed by atoms with van der Waals surface area (Å²) in [5, 5.41) is 19.3. The molecule has 0 saturated heterocycles. The molecule has 3 rings (SSSR count). The topological polar surface area (TPSA) is 106 Å². The van der Waals surface area contributed by atoms with E-state index >= 15 is 0 Å². The van der Waals surface area contributed by atoms with Crippen molar-refractivity contribution in [3.63, 3.8) is 0 Å². The van der Waals surface area contributed by atoms with Gasteiger partial charge in [-0.25, -0.2) is 9.59 Å². The lowest BCUT2D eigenvalue weighted by Crippen LogP contribution is -2.09. The number of hydrogen-bond donors (Lipinski definition) is 2. The highest BCUT2D eigenvalue weighted by atomic mass is 16.5. The van der Waals surface area contributed by atoms with Crippen molar-refractivity contribution < 1.29 is 29.3 Å². The van der Waals surface area contributed by atoms with Gasteiger partial charge in [0.1, 0.15) is 35.8 Å². The second-order valence-corrected chi connectivity index (χ2v) is 5.81. The molecule has 0 aliphatic rings. The minimum Gasteiger partial charge on any atom is -0.507 e. The molecule has 0 fully saturated rings. The average Bonchev–Trinajstić information content (AvgIpc) is 2.71. The van der Waals surface area contributed by atoms with E-state index in [1.165, 1.54) is 24.3 Å². The molecule has 2 N–H and O–H groups in total. The number of rotatable bonds is 6. The Bertz CT molecular complexity index is 925. The molecule has 0 aliphatic carbocycles. The van der Waals surface area contributed by atoms with Gasteiger partial charge in [0.15, 0.2) is 0 Å². The van der Waals surface area contributed by atoms with E-state index in [9.17, 15) is 19.8 Å². The van der Waals surface area contributed by atoms with Crippen molar-refractivity contribution in [2.45, 2.75) is 13.2 Å². The first kappa shape index (κ1) is 18.9. The average molecular weight is 379 g/mol. The quantitative estimate of drug-likeness (QED) is 0.634. The summed E-state index contributed by atoms with van der Waals surface area (Å²) in [6.45, 7) is -0.206. The molecule has 0 bridgehead atoms. The Morgan fingerprint density at radius 1 is 0.679 bits per heavy atom. The maximum Gasteiger partial charge on any atom is 0.342 e. The molecule has 0 unspecified atom stereocenters. The first-order valence-electron chi connectivity index (χ1n) is 8.39. The number of nitrogens with zero attached hydrogens (tertiary/aromatic N) is 1. The van der Waals surface area contributed by atoms with E-state index in [1.54, 1.807) is 42.5 Å². The van der Waals surface area contributed by atoms with Crippen LogP contribution < -0.4 is 0 Å². The Morgan fingerprint density at radius 3 is 1.54 bits per heavy atom. The van der Waals surface area contributed by atoms with Crippen LogP contribution in [-0.2, 0) is 22.7 Å². The number of phenolic OH excluding ortho intramolecular Hbond substituents is 2. The molecule has 1 aromatic heterocycles. The number of phenols is 2. The highest BCUT2D eigenvalue weighted by Gasteiger charge is 2.14. The molecule has 0 amide bonds. The van der Waals surface area contributed by atoms with Gasteiger partial charge in [0.25, 0.3) is 0 Å². The number of hydrogen-bond acceptors (Lipinski definition) is 7. The third-order valence-electron chi connectivity index (χ3n) is 3.81. The van der Waals surface area contributed by atoms with E-state index in [1.807, 2.05) is 0 Å². The number of pyridine rings is 1. The number of esters is 2. The summed E-state index contributed by atoms with van der Waals surface area (Å²) in [4.78, 5) is 28.3. The van der Waals surface area contributed by atoms with Crippen molar-refractivity contribution in [1.82, 2.24) is 4.98 Å². The fraction of sp³-hybridized carbons (Fsp3) is 0.0952. The van der Waals surface area contributed by atoms with Crippen LogP contribution in [-0.4, -0.2) is 27.1 Å². The smallest absolute Gasteiger partial charge is 0.342 e. The monoisotopic (exact) mass is 379 g/mol. The third-order valence-corrected chi connectivity index (χ3v) is 3.81. The molecule has 7 nitrogen and oxygen atoms in total. The summed E-state index contributed by atoms with van der Waals surface area (Å²) >= 11 is 0. The lowest BCUT2D eigenvalue weighted by atomic mass is 10.2. The number of aromatic nitrogens is 1. The van der Waals surface area contributed by atoms with Crippen molar-refractivity contribution in [1.29, 1.82) is 0 Å². The van der Waals surface area contributed by atoms with Gasteiger partial charge in [-0.15, -0.1) is 0 Å². The maximum atomic E-state index is 12.0. The molecule has 142 valence electrons. The van der Waals surface area contributed by atoms with E-state index in [-0.39, 0.29) is 35.8 Å². The van der Waals surface area contributed by atoms with Gasteiger partial charge >= 0.3 is 11.9 Å². The molecule has 3 aromatic rings. The van der Waals surface area contributed by atoms with Crippen LogP contribution >= 0.6 is 0 Å². The summed E-state index contributed by atoms with van der Waals surface area (Å²) < 4.78 is 10.3. The fourth-order valence-electron chi connectivity index (χ4n) is 2.42. The predicted molar refractivity (Wildman–Crippen MR) is 98.7 cm³/mol. The van der Waals surface area contributed by atoms with Gasteiger partial charge in [0.05, 0.1) is 11.4 Å². The number of ether oxygens (including phenoxy) is 2. The highest BCUT2D eigenvalue weighted by molar-refractivity contribution is 5.92. The van der Waals surface area contributed by atoms with Gasteiger partial charge in [-0.05, 0) is 36.4 Å². The van der Waals surface area contributed by atoms with Gasteiger partial charge in [0.2, 0.25) is 0 Å². The van der Waals surface area contributed by atoms with Gasteiger partial charge in [-0.3, -0.25) is 4.98 Å². The van der Waals surface area contributed by atoms with E-state index in [0.717, 1.165) is 0 Å². The van der Waals surface area contributed by atoms with E-state index in [4.69, 9.17) is 9.47 Å². The molecular weight excluding hydrogens is 362 g/mol. The fourth-order valence-corrected chi connectivity index (χ4v) is 2.42. The summed E-state index contributed by atoms with van der Waals surface area (Å²) in [5.74, 6) is -1.66. The first-order valence-corrected chi connectivity index (χ1v) is 8.39. The molecule has 0 atom stereocenters. The summed E-state index contributed by atoms with van der Waals surface area (Å²) in [6.07, 6.45) is 0. The standard InChI is InChI=1S/C21H17NO6/c23-18-10-3-1-8-16(18)20(25)27-12-14-6-5-7-15(22-14)13-28-21(26)17-9-2-4-11-19(17)24/h1-11,23-24H,12-13H2. The van der Waals surface area contributed by atoms with E-state index < -0.39 is 11.9 Å². The van der Waals surface area contributed by atoms with E-state index in [2.05, 4.69) is 4.98 Å². The van der Waals surface area contributed by atoms with Gasteiger partial charge < -0.3 is 19.7 Å². The minimum atomic E-state index is -0.670. The van der Waals surface area contributed by atoms with Crippen LogP contribution in [0.3, 0.4) is 0 Å². The van der Waals surface area contributed by atoms with Crippen molar-refractivity contribution in [2.24, 2.45) is 0 Å². The lowest BCUT2D eigenvalue weighted by Gasteiger charge is -2.08. The Morgan fingerprint density at radius 2 is 1.11 bits per heavy atom. The Kier molecular flexibility index (Phi) is 5.86. The zero-order valence-corrected chi connectivity index (χ0v) is 14.7. The van der Waals surface area contributed by atoms with Crippen molar-refractivity contribution >= 4 is 11.9 Å². The van der Waals surface area contributed by atoms with Gasteiger partial charge in [-0.1, -0.05) is 30.3 Å². The van der Waals surface area contributed by atoms with Crippen LogP contribution in [0.5, 0.6) is 11.5 Å². The second-order valence-electron chi connectivity index (χ2n) is 5.81. The first-order chi connectivity index (χ1) is 13.5. The molecule has 0 aliphatic heterocycles. The molecule has 28 heavy (non-hydrogen) atoms. The summed E-state index contributed by atoms with van der Waals surface area (Å²) in [5.41, 5.74) is 1.05. The normalized spacial score (nSPS) is 10.3. The highest BCUT2D eigenvalue weighted by Crippen LogP contribution is 2.18. The Balaban J connectivity index is 1.58. The van der Waals surface area contributed by atoms with Crippen LogP contribution in [0.25, 0.3) is 0 Å². The van der Waals surface area contributed by atoms with Gasteiger partial charge in [0, 0.05) is 0 Å². The number of aromatic hydroxyl groups is 2. The lowest BCUT2D eigenvalue weighted by molar-refractivity contribution is 0.0460. The Labute approximate surface area is 160 Å². The molecule has 1 heterocycles. The molecular formula is C21H17NO6. The van der Waals surface area contributed by atoms with Crippen molar-refractivity contribution in [2.75, 3.05) is 0 Å². The molecule has 2 aromatic carbocycles. The largest absolute Gasteiger partial charge is 0.507 e. The number of para-hydroxylation sites is 2. The van der Waals surface area contributed by atoms with E-state index in [0.29, 0.717) is 11.4 Å². The van der Waals surface area contributed by atoms with Gasteiger partial charge in [-0.2, -0.15) is 0 Å². The third kappa shape index (κ3) is 4.64. The number of benzene rings is 2. The summed E-state index contributed by atoms with van der Waals surface area (Å²) in [6, 6.07) is 17.2. The maximum absolute atomic E-state index is 12.0. The minimum absolute atomic E-state index is 0.0650. The second kappa shape index (κ2) is 8.68.